The normalized spacial score (nSPS) is 20.8. The summed E-state index contributed by atoms with van der Waals surface area (Å²) in [5.41, 5.74) is 0.869. The lowest BCUT2D eigenvalue weighted by Crippen LogP contribution is -2.47. The van der Waals surface area contributed by atoms with E-state index in [0.717, 1.165) is 56.3 Å². The first kappa shape index (κ1) is 18.8. The highest BCUT2D eigenvalue weighted by molar-refractivity contribution is 5.67. The lowest BCUT2D eigenvalue weighted by atomic mass is 9.73. The van der Waals surface area contributed by atoms with Gasteiger partial charge in [0.1, 0.15) is 6.61 Å². The molecule has 140 valence electrons. The SMILES string of the molecule is C#Cc1cccc(C(COC(=O)N2CCNCC2)C2(O)CCCCC2)c1. The molecular weight excluding hydrogens is 328 g/mol. The van der Waals surface area contributed by atoms with E-state index < -0.39 is 5.60 Å². The highest BCUT2D eigenvalue weighted by atomic mass is 16.6. The van der Waals surface area contributed by atoms with Gasteiger partial charge in [-0.1, -0.05) is 37.3 Å². The maximum absolute atomic E-state index is 12.4. The van der Waals surface area contributed by atoms with E-state index in [1.807, 2.05) is 24.3 Å². The number of aliphatic hydroxyl groups is 1. The Balaban J connectivity index is 1.76. The van der Waals surface area contributed by atoms with Gasteiger partial charge in [0.05, 0.1) is 5.60 Å². The third-order valence-electron chi connectivity index (χ3n) is 5.57. The van der Waals surface area contributed by atoms with E-state index in [-0.39, 0.29) is 18.6 Å². The molecule has 2 aliphatic rings. The van der Waals surface area contributed by atoms with Crippen LogP contribution in [0.2, 0.25) is 0 Å². The van der Waals surface area contributed by atoms with Crippen molar-refractivity contribution in [2.75, 3.05) is 32.8 Å². The van der Waals surface area contributed by atoms with Gasteiger partial charge in [-0.2, -0.15) is 0 Å². The second-order valence-electron chi connectivity index (χ2n) is 7.30. The van der Waals surface area contributed by atoms with Gasteiger partial charge in [0.2, 0.25) is 0 Å². The first-order chi connectivity index (χ1) is 12.6. The average molecular weight is 356 g/mol. The lowest BCUT2D eigenvalue weighted by molar-refractivity contribution is -0.0409. The highest BCUT2D eigenvalue weighted by Gasteiger charge is 2.39. The Morgan fingerprint density at radius 3 is 2.73 bits per heavy atom. The highest BCUT2D eigenvalue weighted by Crippen LogP contribution is 2.40. The summed E-state index contributed by atoms with van der Waals surface area (Å²) in [5, 5.41) is 14.5. The van der Waals surface area contributed by atoms with E-state index in [4.69, 9.17) is 11.2 Å². The maximum Gasteiger partial charge on any atom is 0.409 e. The van der Waals surface area contributed by atoms with E-state index in [9.17, 15) is 9.90 Å². The minimum absolute atomic E-state index is 0.174. The molecule has 5 heteroatoms. The number of piperazine rings is 1. The van der Waals surface area contributed by atoms with Gasteiger partial charge in [0.25, 0.3) is 0 Å². The topological polar surface area (TPSA) is 61.8 Å². The number of hydrogen-bond donors (Lipinski definition) is 2. The summed E-state index contributed by atoms with van der Waals surface area (Å²) in [6, 6.07) is 7.67. The number of nitrogens with zero attached hydrogens (tertiary/aromatic N) is 1. The predicted molar refractivity (Wildman–Crippen MR) is 101 cm³/mol. The van der Waals surface area contributed by atoms with Crippen LogP contribution in [-0.4, -0.2) is 54.5 Å². The zero-order valence-corrected chi connectivity index (χ0v) is 15.2. The summed E-state index contributed by atoms with van der Waals surface area (Å²) in [5.74, 6) is 2.39. The van der Waals surface area contributed by atoms with E-state index in [1.54, 1.807) is 4.90 Å². The molecule has 1 saturated heterocycles. The molecule has 1 heterocycles. The smallest absolute Gasteiger partial charge is 0.409 e. The molecule has 2 N–H and O–H groups in total. The average Bonchev–Trinajstić information content (AvgIpc) is 2.69. The molecule has 0 aromatic heterocycles. The molecule has 1 saturated carbocycles. The summed E-state index contributed by atoms with van der Waals surface area (Å²) in [6.07, 6.45) is 9.81. The van der Waals surface area contributed by atoms with Gasteiger partial charge in [0, 0.05) is 37.7 Å². The monoisotopic (exact) mass is 356 g/mol. The van der Waals surface area contributed by atoms with Gasteiger partial charge in [-0.15, -0.1) is 6.42 Å². The molecule has 2 fully saturated rings. The Kier molecular flexibility index (Phi) is 6.18. The van der Waals surface area contributed by atoms with Crippen molar-refractivity contribution in [3.63, 3.8) is 0 Å². The summed E-state index contributed by atoms with van der Waals surface area (Å²) in [6.45, 7) is 3.05. The lowest BCUT2D eigenvalue weighted by Gasteiger charge is -2.39. The summed E-state index contributed by atoms with van der Waals surface area (Å²) in [4.78, 5) is 14.1. The molecule has 1 amide bonds. The van der Waals surface area contributed by atoms with Crippen molar-refractivity contribution >= 4 is 6.09 Å². The van der Waals surface area contributed by atoms with Gasteiger partial charge >= 0.3 is 6.09 Å². The van der Waals surface area contributed by atoms with Crippen LogP contribution in [-0.2, 0) is 4.74 Å². The molecule has 1 aromatic rings. The Bertz CT molecular complexity index is 655. The molecule has 1 aromatic carbocycles. The number of amides is 1. The zero-order chi connectivity index (χ0) is 18.4. The number of rotatable bonds is 4. The Hall–Kier alpha value is -2.03. The fraction of sp³-hybridized carbons (Fsp3) is 0.571. The third kappa shape index (κ3) is 4.38. The van der Waals surface area contributed by atoms with Crippen LogP contribution in [0.5, 0.6) is 0 Å². The van der Waals surface area contributed by atoms with Crippen molar-refractivity contribution in [2.24, 2.45) is 0 Å². The minimum atomic E-state index is -0.852. The Morgan fingerprint density at radius 2 is 2.04 bits per heavy atom. The third-order valence-corrected chi connectivity index (χ3v) is 5.57. The van der Waals surface area contributed by atoms with Crippen molar-refractivity contribution in [1.82, 2.24) is 10.2 Å². The molecule has 0 spiro atoms. The fourth-order valence-corrected chi connectivity index (χ4v) is 4.01. The van der Waals surface area contributed by atoms with Gasteiger partial charge in [-0.3, -0.25) is 0 Å². The summed E-state index contributed by atoms with van der Waals surface area (Å²) in [7, 11) is 0. The molecule has 5 nitrogen and oxygen atoms in total. The second kappa shape index (κ2) is 8.57. The number of benzene rings is 1. The van der Waals surface area contributed by atoms with E-state index in [1.165, 1.54) is 0 Å². The Labute approximate surface area is 155 Å². The van der Waals surface area contributed by atoms with E-state index in [2.05, 4.69) is 11.2 Å². The molecule has 3 rings (SSSR count). The van der Waals surface area contributed by atoms with Gasteiger partial charge in [-0.05, 0) is 30.5 Å². The van der Waals surface area contributed by atoms with Crippen LogP contribution in [0.25, 0.3) is 0 Å². The van der Waals surface area contributed by atoms with Crippen LogP contribution in [0.4, 0.5) is 4.79 Å². The molecule has 1 aliphatic carbocycles. The summed E-state index contributed by atoms with van der Waals surface area (Å²) >= 11 is 0. The van der Waals surface area contributed by atoms with Crippen LogP contribution in [0.1, 0.15) is 49.1 Å². The van der Waals surface area contributed by atoms with Gasteiger partial charge in [-0.25, -0.2) is 4.79 Å². The van der Waals surface area contributed by atoms with Crippen LogP contribution in [0.3, 0.4) is 0 Å². The van der Waals surface area contributed by atoms with E-state index in [0.29, 0.717) is 13.1 Å². The number of nitrogens with one attached hydrogen (secondary N) is 1. The predicted octanol–water partition coefficient (Wildman–Crippen LogP) is 2.49. The number of terminal acetylenes is 1. The molecular formula is C21H28N2O3. The molecule has 1 unspecified atom stereocenters. The van der Waals surface area contributed by atoms with Gasteiger partial charge in [0.15, 0.2) is 0 Å². The van der Waals surface area contributed by atoms with Crippen molar-refractivity contribution in [2.45, 2.75) is 43.6 Å². The largest absolute Gasteiger partial charge is 0.449 e. The summed E-state index contributed by atoms with van der Waals surface area (Å²) < 4.78 is 5.64. The first-order valence-corrected chi connectivity index (χ1v) is 9.54. The maximum atomic E-state index is 12.4. The first-order valence-electron chi connectivity index (χ1n) is 9.54. The van der Waals surface area contributed by atoms with E-state index >= 15 is 0 Å². The molecule has 1 atom stereocenters. The standard InChI is InChI=1S/C21H28N2O3/c1-2-17-7-6-8-18(15-17)19(21(25)9-4-3-5-10-21)16-26-20(24)23-13-11-22-12-14-23/h1,6-8,15,19,22,25H,3-5,9-14,16H2. The van der Waals surface area contributed by atoms with Crippen LogP contribution in [0.15, 0.2) is 24.3 Å². The molecule has 0 bridgehead atoms. The van der Waals surface area contributed by atoms with Crippen molar-refractivity contribution in [1.29, 1.82) is 0 Å². The van der Waals surface area contributed by atoms with Crippen molar-refractivity contribution < 1.29 is 14.6 Å². The number of hydrogen-bond acceptors (Lipinski definition) is 4. The molecule has 0 radical (unpaired) electrons. The number of carbonyl (C=O) groups is 1. The number of carbonyl (C=O) groups excluding carboxylic acids is 1. The quantitative estimate of drug-likeness (QED) is 0.814. The molecule has 26 heavy (non-hydrogen) atoms. The Morgan fingerprint density at radius 1 is 1.31 bits per heavy atom. The van der Waals surface area contributed by atoms with Crippen molar-refractivity contribution in [3.05, 3.63) is 35.4 Å². The van der Waals surface area contributed by atoms with Crippen molar-refractivity contribution in [3.8, 4) is 12.3 Å². The zero-order valence-electron chi connectivity index (χ0n) is 15.2. The number of ether oxygens (including phenoxy) is 1. The second-order valence-corrected chi connectivity index (χ2v) is 7.30. The van der Waals surface area contributed by atoms with Crippen LogP contribution >= 0.6 is 0 Å². The minimum Gasteiger partial charge on any atom is -0.449 e. The van der Waals surface area contributed by atoms with Crippen LogP contribution in [0, 0.1) is 12.3 Å². The van der Waals surface area contributed by atoms with Gasteiger partial charge < -0.3 is 20.1 Å². The van der Waals surface area contributed by atoms with Crippen LogP contribution < -0.4 is 5.32 Å². The fourth-order valence-electron chi connectivity index (χ4n) is 4.01. The molecule has 1 aliphatic heterocycles.